The third-order valence-corrected chi connectivity index (χ3v) is 1.96. The van der Waals surface area contributed by atoms with Crippen molar-refractivity contribution in [1.29, 1.82) is 0 Å². The molecular weight excluding hydrogens is 148 g/mol. The van der Waals surface area contributed by atoms with E-state index in [2.05, 4.69) is 6.58 Å². The Morgan fingerprint density at radius 2 is 2.17 bits per heavy atom. The van der Waals surface area contributed by atoms with E-state index in [0.29, 0.717) is 6.61 Å². The van der Waals surface area contributed by atoms with Gasteiger partial charge in [0.1, 0.15) is 12.4 Å². The van der Waals surface area contributed by atoms with Crippen molar-refractivity contribution in [3.8, 4) is 5.75 Å². The molecule has 1 nitrogen and oxygen atoms in total. The molecule has 0 saturated heterocycles. The van der Waals surface area contributed by atoms with Gasteiger partial charge in [-0.2, -0.15) is 0 Å². The maximum Gasteiger partial charge on any atom is 0.127 e. The molecule has 0 aromatic heterocycles. The number of hydrogen-bond donors (Lipinski definition) is 0. The fourth-order valence-electron chi connectivity index (χ4n) is 1.36. The van der Waals surface area contributed by atoms with E-state index in [0.717, 1.165) is 16.9 Å². The monoisotopic (exact) mass is 158 g/mol. The molecule has 0 bridgehead atoms. The summed E-state index contributed by atoms with van der Waals surface area (Å²) in [6.45, 7) is 4.41. The molecule has 1 heterocycles. The Hall–Kier alpha value is -1.50. The Balaban J connectivity index is 2.55. The van der Waals surface area contributed by atoms with Crippen molar-refractivity contribution in [2.45, 2.75) is 0 Å². The summed E-state index contributed by atoms with van der Waals surface area (Å²) in [4.78, 5) is 0. The molecule has 0 amide bonds. The summed E-state index contributed by atoms with van der Waals surface area (Å²) in [6.07, 6.45) is 3.90. The van der Waals surface area contributed by atoms with E-state index in [1.165, 1.54) is 0 Å². The molecular formula is C11H10O. The van der Waals surface area contributed by atoms with Crippen LogP contribution in [0.4, 0.5) is 0 Å². The summed E-state index contributed by atoms with van der Waals surface area (Å²) >= 11 is 0. The molecule has 1 aromatic rings. The first-order valence-corrected chi connectivity index (χ1v) is 3.96. The molecule has 1 aliphatic rings. The number of rotatable bonds is 1. The number of hydrogen-bond acceptors (Lipinski definition) is 1. The van der Waals surface area contributed by atoms with Gasteiger partial charge in [-0.25, -0.2) is 0 Å². The lowest BCUT2D eigenvalue weighted by Crippen LogP contribution is -2.02. The molecule has 0 spiro atoms. The second kappa shape index (κ2) is 2.86. The Kier molecular flexibility index (Phi) is 1.71. The number of fused-ring (bicyclic) bond motifs is 1. The van der Waals surface area contributed by atoms with Crippen molar-refractivity contribution in [2.75, 3.05) is 6.61 Å². The number of benzene rings is 1. The van der Waals surface area contributed by atoms with Gasteiger partial charge < -0.3 is 4.74 Å². The van der Waals surface area contributed by atoms with Crippen LogP contribution in [0.1, 0.15) is 5.56 Å². The van der Waals surface area contributed by atoms with E-state index in [-0.39, 0.29) is 0 Å². The minimum absolute atomic E-state index is 0.651. The average Bonchev–Trinajstić information content (AvgIpc) is 2.17. The van der Waals surface area contributed by atoms with Gasteiger partial charge in [0.2, 0.25) is 0 Å². The highest BCUT2D eigenvalue weighted by atomic mass is 16.5. The smallest absolute Gasteiger partial charge is 0.127 e. The summed E-state index contributed by atoms with van der Waals surface area (Å²) < 4.78 is 5.43. The fourth-order valence-corrected chi connectivity index (χ4v) is 1.36. The average molecular weight is 158 g/mol. The zero-order valence-corrected chi connectivity index (χ0v) is 6.79. The van der Waals surface area contributed by atoms with Crippen molar-refractivity contribution in [2.24, 2.45) is 0 Å². The number of ether oxygens (including phenoxy) is 1. The predicted octanol–water partition coefficient (Wildman–Crippen LogP) is 2.65. The van der Waals surface area contributed by atoms with E-state index in [1.54, 1.807) is 0 Å². The molecule has 1 heteroatoms. The van der Waals surface area contributed by atoms with Crippen molar-refractivity contribution >= 4 is 5.57 Å². The van der Waals surface area contributed by atoms with E-state index in [9.17, 15) is 0 Å². The number of allylic oxidation sites excluding steroid dienone is 2. The first kappa shape index (κ1) is 7.17. The van der Waals surface area contributed by atoms with Crippen molar-refractivity contribution in [3.63, 3.8) is 0 Å². The van der Waals surface area contributed by atoms with Crippen LogP contribution in [0.25, 0.3) is 5.57 Å². The molecule has 1 aromatic carbocycles. The minimum atomic E-state index is 0.651. The van der Waals surface area contributed by atoms with Crippen molar-refractivity contribution in [1.82, 2.24) is 0 Å². The van der Waals surface area contributed by atoms with Gasteiger partial charge in [0.25, 0.3) is 0 Å². The molecule has 0 saturated carbocycles. The van der Waals surface area contributed by atoms with Gasteiger partial charge in [-0.05, 0) is 17.7 Å². The highest BCUT2D eigenvalue weighted by Gasteiger charge is 2.09. The topological polar surface area (TPSA) is 9.23 Å². The van der Waals surface area contributed by atoms with Crippen molar-refractivity contribution in [3.05, 3.63) is 48.6 Å². The second-order valence-corrected chi connectivity index (χ2v) is 2.67. The maximum atomic E-state index is 5.43. The third-order valence-electron chi connectivity index (χ3n) is 1.96. The van der Waals surface area contributed by atoms with E-state index >= 15 is 0 Å². The molecule has 0 unspecified atom stereocenters. The highest BCUT2D eigenvalue weighted by molar-refractivity contribution is 5.78. The van der Waals surface area contributed by atoms with Crippen LogP contribution in [0, 0.1) is 0 Å². The number of para-hydroxylation sites is 1. The van der Waals surface area contributed by atoms with Crippen LogP contribution < -0.4 is 4.74 Å². The minimum Gasteiger partial charge on any atom is -0.489 e. The van der Waals surface area contributed by atoms with Gasteiger partial charge in [-0.15, -0.1) is 0 Å². The molecule has 0 aliphatic carbocycles. The Morgan fingerprint density at radius 1 is 1.33 bits per heavy atom. The SMILES string of the molecule is C=CC1=CCOc2ccccc21. The lowest BCUT2D eigenvalue weighted by molar-refractivity contribution is 0.357. The molecule has 0 radical (unpaired) electrons. The quantitative estimate of drug-likeness (QED) is 0.610. The zero-order chi connectivity index (χ0) is 8.39. The summed E-state index contributed by atoms with van der Waals surface area (Å²) in [5, 5.41) is 0. The summed E-state index contributed by atoms with van der Waals surface area (Å²) in [5.41, 5.74) is 2.30. The zero-order valence-electron chi connectivity index (χ0n) is 6.79. The Bertz CT molecular complexity index is 337. The first-order valence-electron chi connectivity index (χ1n) is 3.96. The van der Waals surface area contributed by atoms with Gasteiger partial charge in [0.15, 0.2) is 0 Å². The van der Waals surface area contributed by atoms with Crippen LogP contribution in [-0.2, 0) is 0 Å². The van der Waals surface area contributed by atoms with Gasteiger partial charge in [0.05, 0.1) is 0 Å². The van der Waals surface area contributed by atoms with E-state index in [4.69, 9.17) is 4.74 Å². The van der Waals surface area contributed by atoms with Gasteiger partial charge >= 0.3 is 0 Å². The highest BCUT2D eigenvalue weighted by Crippen LogP contribution is 2.29. The van der Waals surface area contributed by atoms with Gasteiger partial charge in [-0.3, -0.25) is 0 Å². The van der Waals surface area contributed by atoms with Crippen LogP contribution in [0.2, 0.25) is 0 Å². The summed E-state index contributed by atoms with van der Waals surface area (Å²) in [5.74, 6) is 0.954. The third kappa shape index (κ3) is 1.03. The molecule has 12 heavy (non-hydrogen) atoms. The maximum absolute atomic E-state index is 5.43. The van der Waals surface area contributed by atoms with Crippen LogP contribution in [0.3, 0.4) is 0 Å². The molecule has 1 aliphatic heterocycles. The predicted molar refractivity (Wildman–Crippen MR) is 50.1 cm³/mol. The van der Waals surface area contributed by atoms with Crippen molar-refractivity contribution < 1.29 is 4.74 Å². The molecule has 2 rings (SSSR count). The van der Waals surface area contributed by atoms with Crippen LogP contribution in [-0.4, -0.2) is 6.61 Å². The van der Waals surface area contributed by atoms with Gasteiger partial charge in [-0.1, -0.05) is 30.9 Å². The first-order chi connectivity index (χ1) is 5.92. The normalized spacial score (nSPS) is 14.2. The molecule has 60 valence electrons. The van der Waals surface area contributed by atoms with Crippen LogP contribution >= 0.6 is 0 Å². The second-order valence-electron chi connectivity index (χ2n) is 2.67. The lowest BCUT2D eigenvalue weighted by Gasteiger charge is -2.15. The Morgan fingerprint density at radius 3 is 3.00 bits per heavy atom. The van der Waals surface area contributed by atoms with Crippen LogP contribution in [0.15, 0.2) is 43.0 Å². The van der Waals surface area contributed by atoms with E-state index in [1.807, 2.05) is 36.4 Å². The summed E-state index contributed by atoms with van der Waals surface area (Å²) in [6, 6.07) is 8.00. The van der Waals surface area contributed by atoms with Crippen LogP contribution in [0.5, 0.6) is 5.75 Å². The standard InChI is InChI=1S/C11H10O/c1-2-9-7-8-12-11-6-4-3-5-10(9)11/h2-7H,1,8H2. The lowest BCUT2D eigenvalue weighted by atomic mass is 10.0. The van der Waals surface area contributed by atoms with Gasteiger partial charge in [0, 0.05) is 5.56 Å². The fraction of sp³-hybridized carbons (Fsp3) is 0.0909. The molecule has 0 N–H and O–H groups in total. The largest absolute Gasteiger partial charge is 0.489 e. The summed E-state index contributed by atoms with van der Waals surface area (Å²) in [7, 11) is 0. The Labute approximate surface area is 72.0 Å². The molecule has 0 atom stereocenters. The van der Waals surface area contributed by atoms with E-state index < -0.39 is 0 Å². The molecule has 0 fully saturated rings.